The molecular weight excluding hydrogens is 294 g/mol. The van der Waals surface area contributed by atoms with Gasteiger partial charge in [-0.1, -0.05) is 19.8 Å². The van der Waals surface area contributed by atoms with E-state index in [1.165, 1.54) is 6.42 Å². The number of anilines is 1. The van der Waals surface area contributed by atoms with Crippen molar-refractivity contribution in [1.82, 2.24) is 0 Å². The van der Waals surface area contributed by atoms with Crippen molar-refractivity contribution in [1.29, 1.82) is 0 Å². The normalized spacial score (nSPS) is 15.1. The second-order valence-corrected chi connectivity index (χ2v) is 5.76. The molecule has 2 heterocycles. The molecule has 0 spiro atoms. The molecule has 1 aliphatic rings. The third-order valence-electron chi connectivity index (χ3n) is 4.03. The number of hydrogen-bond donors (Lipinski definition) is 0. The van der Waals surface area contributed by atoms with Crippen molar-refractivity contribution >= 4 is 16.9 Å². The van der Waals surface area contributed by atoms with Gasteiger partial charge in [0.1, 0.15) is 11.3 Å². The third kappa shape index (κ3) is 3.85. The number of morpholine rings is 1. The predicted octanol–water partition coefficient (Wildman–Crippen LogP) is 3.20. The van der Waals surface area contributed by atoms with Crippen LogP contribution in [-0.4, -0.2) is 32.9 Å². The molecule has 5 heteroatoms. The molecule has 0 amide bonds. The van der Waals surface area contributed by atoms with Gasteiger partial charge >= 0.3 is 0 Å². The minimum atomic E-state index is -0.0229. The molecule has 0 N–H and O–H groups in total. The molecule has 0 radical (unpaired) electrons. The van der Waals surface area contributed by atoms with Crippen LogP contribution in [0.2, 0.25) is 0 Å². The van der Waals surface area contributed by atoms with Crippen molar-refractivity contribution < 1.29 is 13.9 Å². The van der Waals surface area contributed by atoms with Gasteiger partial charge in [-0.25, -0.2) is 0 Å². The molecule has 0 unspecified atom stereocenters. The molecule has 5 nitrogen and oxygen atoms in total. The maximum atomic E-state index is 12.3. The highest BCUT2D eigenvalue weighted by atomic mass is 16.5. The lowest BCUT2D eigenvalue weighted by Crippen LogP contribution is -2.36. The van der Waals surface area contributed by atoms with Crippen molar-refractivity contribution in [2.45, 2.75) is 26.2 Å². The van der Waals surface area contributed by atoms with E-state index < -0.39 is 0 Å². The Morgan fingerprint density at radius 3 is 2.78 bits per heavy atom. The van der Waals surface area contributed by atoms with Crippen molar-refractivity contribution in [2.75, 3.05) is 37.8 Å². The molecule has 0 bridgehead atoms. The largest absolute Gasteiger partial charge is 0.493 e. The van der Waals surface area contributed by atoms with Gasteiger partial charge in [-0.3, -0.25) is 4.79 Å². The summed E-state index contributed by atoms with van der Waals surface area (Å²) < 4.78 is 17.0. The molecule has 0 aliphatic carbocycles. The summed E-state index contributed by atoms with van der Waals surface area (Å²) in [6, 6.07) is 6.99. The molecule has 2 aromatic rings. The minimum Gasteiger partial charge on any atom is -0.493 e. The lowest BCUT2D eigenvalue weighted by Gasteiger charge is -2.27. The number of unbranched alkanes of at least 4 members (excludes halogenated alkanes) is 2. The first-order valence-corrected chi connectivity index (χ1v) is 8.31. The Morgan fingerprint density at radius 2 is 2.00 bits per heavy atom. The van der Waals surface area contributed by atoms with Crippen molar-refractivity contribution in [3.8, 4) is 5.75 Å². The monoisotopic (exact) mass is 317 g/mol. The Kier molecular flexibility index (Phi) is 5.18. The quantitative estimate of drug-likeness (QED) is 0.766. The van der Waals surface area contributed by atoms with E-state index in [9.17, 15) is 4.79 Å². The van der Waals surface area contributed by atoms with Gasteiger partial charge in [0.25, 0.3) is 0 Å². The molecule has 124 valence electrons. The zero-order valence-electron chi connectivity index (χ0n) is 13.5. The van der Waals surface area contributed by atoms with Gasteiger partial charge < -0.3 is 18.8 Å². The first-order chi connectivity index (χ1) is 11.3. The summed E-state index contributed by atoms with van der Waals surface area (Å²) in [5.74, 6) is 1.35. The maximum absolute atomic E-state index is 12.3. The van der Waals surface area contributed by atoms with Crippen LogP contribution >= 0.6 is 0 Å². The van der Waals surface area contributed by atoms with Crippen LogP contribution in [0.15, 0.2) is 33.5 Å². The Bertz CT molecular complexity index is 704. The number of rotatable bonds is 6. The lowest BCUT2D eigenvalue weighted by molar-refractivity contribution is 0.121. The van der Waals surface area contributed by atoms with Gasteiger partial charge in [0.2, 0.25) is 0 Å². The first kappa shape index (κ1) is 15.9. The van der Waals surface area contributed by atoms with Crippen molar-refractivity contribution in [2.24, 2.45) is 0 Å². The van der Waals surface area contributed by atoms with E-state index in [0.717, 1.165) is 31.7 Å². The van der Waals surface area contributed by atoms with Gasteiger partial charge in [0.15, 0.2) is 11.3 Å². The Balaban J connectivity index is 1.82. The van der Waals surface area contributed by atoms with Gasteiger partial charge in [0.05, 0.1) is 25.2 Å². The van der Waals surface area contributed by atoms with Gasteiger partial charge in [-0.05, 0) is 18.6 Å². The number of fused-ring (bicyclic) bond motifs is 1. The average molecular weight is 317 g/mol. The van der Waals surface area contributed by atoms with Crippen LogP contribution in [-0.2, 0) is 4.74 Å². The van der Waals surface area contributed by atoms with E-state index in [1.807, 2.05) is 17.0 Å². The summed E-state index contributed by atoms with van der Waals surface area (Å²) in [6.45, 7) is 5.64. The summed E-state index contributed by atoms with van der Waals surface area (Å²) in [6.07, 6.45) is 3.36. The van der Waals surface area contributed by atoms with E-state index >= 15 is 0 Å². The van der Waals surface area contributed by atoms with Crippen molar-refractivity contribution in [3.63, 3.8) is 0 Å². The summed E-state index contributed by atoms with van der Waals surface area (Å²) in [5.41, 5.74) is 0.553. The molecule has 1 fully saturated rings. The number of nitrogens with zero attached hydrogens (tertiary/aromatic N) is 1. The van der Waals surface area contributed by atoms with Gasteiger partial charge in [0, 0.05) is 25.2 Å². The van der Waals surface area contributed by atoms with E-state index in [2.05, 4.69) is 6.92 Å². The van der Waals surface area contributed by atoms with Crippen LogP contribution in [0.25, 0.3) is 11.0 Å². The SMILES string of the molecule is CCCCCOc1ccc2c(=O)cc(N3CCOCC3)oc2c1. The third-order valence-corrected chi connectivity index (χ3v) is 4.03. The van der Waals surface area contributed by atoms with E-state index in [1.54, 1.807) is 12.1 Å². The standard InChI is InChI=1S/C18H23NO4/c1-2-3-4-9-22-14-5-6-15-16(20)13-18(23-17(15)12-14)19-7-10-21-11-8-19/h5-6,12-13H,2-4,7-11H2,1H3. The zero-order chi connectivity index (χ0) is 16.1. The van der Waals surface area contributed by atoms with Crippen LogP contribution in [0.5, 0.6) is 5.75 Å². The molecule has 3 rings (SSSR count). The fourth-order valence-corrected chi connectivity index (χ4v) is 2.69. The molecule has 0 saturated carbocycles. The molecule has 1 aliphatic heterocycles. The number of hydrogen-bond acceptors (Lipinski definition) is 5. The highest BCUT2D eigenvalue weighted by Crippen LogP contribution is 2.24. The maximum Gasteiger partial charge on any atom is 0.200 e. The Morgan fingerprint density at radius 1 is 1.17 bits per heavy atom. The molecule has 1 aromatic carbocycles. The first-order valence-electron chi connectivity index (χ1n) is 8.31. The lowest BCUT2D eigenvalue weighted by atomic mass is 10.2. The Labute approximate surface area is 135 Å². The fraction of sp³-hybridized carbons (Fsp3) is 0.500. The Hall–Kier alpha value is -2.01. The summed E-state index contributed by atoms with van der Waals surface area (Å²) >= 11 is 0. The van der Waals surface area contributed by atoms with Crippen molar-refractivity contribution in [3.05, 3.63) is 34.5 Å². The second kappa shape index (κ2) is 7.51. The fourth-order valence-electron chi connectivity index (χ4n) is 2.69. The summed E-state index contributed by atoms with van der Waals surface area (Å²) in [4.78, 5) is 14.3. The topological polar surface area (TPSA) is 51.9 Å². The second-order valence-electron chi connectivity index (χ2n) is 5.76. The van der Waals surface area contributed by atoms with Crippen LogP contribution < -0.4 is 15.1 Å². The van der Waals surface area contributed by atoms with Crippen LogP contribution in [0.3, 0.4) is 0 Å². The van der Waals surface area contributed by atoms with E-state index in [-0.39, 0.29) is 5.43 Å². The summed E-state index contributed by atoms with van der Waals surface area (Å²) in [7, 11) is 0. The van der Waals surface area contributed by atoms with Crippen LogP contribution in [0.1, 0.15) is 26.2 Å². The zero-order valence-corrected chi connectivity index (χ0v) is 13.5. The molecular formula is C18H23NO4. The van der Waals surface area contributed by atoms with Gasteiger partial charge in [-0.2, -0.15) is 0 Å². The van der Waals surface area contributed by atoms with Crippen LogP contribution in [0, 0.1) is 0 Å². The highest BCUT2D eigenvalue weighted by Gasteiger charge is 2.15. The molecule has 1 aromatic heterocycles. The van der Waals surface area contributed by atoms with Crippen LogP contribution in [0.4, 0.5) is 5.88 Å². The average Bonchev–Trinajstić information content (AvgIpc) is 2.59. The summed E-state index contributed by atoms with van der Waals surface area (Å²) in [5, 5.41) is 0.586. The smallest absolute Gasteiger partial charge is 0.200 e. The molecule has 1 saturated heterocycles. The van der Waals surface area contributed by atoms with E-state index in [0.29, 0.717) is 36.7 Å². The number of ether oxygens (including phenoxy) is 2. The molecule has 23 heavy (non-hydrogen) atoms. The predicted molar refractivity (Wildman–Crippen MR) is 90.5 cm³/mol. The molecule has 0 atom stereocenters. The highest BCUT2D eigenvalue weighted by molar-refractivity contribution is 5.79. The minimum absolute atomic E-state index is 0.0229. The number of benzene rings is 1. The van der Waals surface area contributed by atoms with Gasteiger partial charge in [-0.15, -0.1) is 0 Å². The van der Waals surface area contributed by atoms with E-state index in [4.69, 9.17) is 13.9 Å².